The minimum atomic E-state index is -2.88. The first-order valence-electron chi connectivity index (χ1n) is 11.6. The largest absolute Gasteiger partial charge is 0.480 e. The molecule has 7 nitrogen and oxygen atoms in total. The van der Waals surface area contributed by atoms with Crippen LogP contribution >= 0.6 is 0 Å². The van der Waals surface area contributed by atoms with Crippen LogP contribution in [-0.2, 0) is 14.3 Å². The summed E-state index contributed by atoms with van der Waals surface area (Å²) < 4.78 is 30.9. The van der Waals surface area contributed by atoms with Crippen molar-refractivity contribution >= 4 is 18.0 Å². The normalized spacial score (nSPS) is 13.6. The van der Waals surface area contributed by atoms with Crippen LogP contribution in [0.3, 0.4) is 0 Å². The van der Waals surface area contributed by atoms with Crippen molar-refractivity contribution in [1.29, 1.82) is 0 Å². The zero-order valence-corrected chi connectivity index (χ0v) is 19.7. The average molecular weight is 489 g/mol. The minimum absolute atomic E-state index is 0.104. The highest BCUT2D eigenvalue weighted by atomic mass is 19.3. The Morgan fingerprint density at radius 1 is 1.00 bits per heavy atom. The van der Waals surface area contributed by atoms with Crippen molar-refractivity contribution in [2.24, 2.45) is 5.41 Å². The maximum Gasteiger partial charge on any atom is 0.407 e. The van der Waals surface area contributed by atoms with Crippen molar-refractivity contribution < 1.29 is 33.0 Å². The van der Waals surface area contributed by atoms with Crippen LogP contribution in [0.2, 0.25) is 0 Å². The van der Waals surface area contributed by atoms with Gasteiger partial charge < -0.3 is 20.5 Å². The number of alkyl halides is 2. The Kier molecular flexibility index (Phi) is 8.43. The van der Waals surface area contributed by atoms with Crippen LogP contribution in [0.1, 0.15) is 50.2 Å². The van der Waals surface area contributed by atoms with Gasteiger partial charge in [0.25, 0.3) is 0 Å². The maximum atomic E-state index is 12.9. The molecular weight excluding hydrogens is 458 g/mol. The number of amides is 2. The van der Waals surface area contributed by atoms with Crippen molar-refractivity contribution in [2.75, 3.05) is 13.2 Å². The van der Waals surface area contributed by atoms with Gasteiger partial charge in [0, 0.05) is 18.9 Å². The molecule has 2 amide bonds. The van der Waals surface area contributed by atoms with Crippen LogP contribution in [0.5, 0.6) is 0 Å². The van der Waals surface area contributed by atoms with Crippen molar-refractivity contribution in [2.45, 2.75) is 51.5 Å². The van der Waals surface area contributed by atoms with Crippen LogP contribution in [0.15, 0.2) is 48.5 Å². The van der Waals surface area contributed by atoms with Gasteiger partial charge in [0.1, 0.15) is 12.6 Å². The fraction of sp³-hybridized carbons (Fsp3) is 0.423. The van der Waals surface area contributed by atoms with E-state index < -0.39 is 42.3 Å². The van der Waals surface area contributed by atoms with E-state index in [-0.39, 0.29) is 31.9 Å². The van der Waals surface area contributed by atoms with Crippen LogP contribution in [-0.4, -0.2) is 48.7 Å². The van der Waals surface area contributed by atoms with Crippen molar-refractivity contribution in [1.82, 2.24) is 10.6 Å². The number of carbonyl (C=O) groups is 3. The summed E-state index contributed by atoms with van der Waals surface area (Å²) in [5.41, 5.74) is 3.16. The third-order valence-electron chi connectivity index (χ3n) is 6.77. The molecule has 1 unspecified atom stereocenters. The second-order valence-electron chi connectivity index (χ2n) is 8.66. The lowest BCUT2D eigenvalue weighted by atomic mass is 9.81. The van der Waals surface area contributed by atoms with Gasteiger partial charge in [-0.3, -0.25) is 4.79 Å². The number of fused-ring (bicyclic) bond motifs is 3. The third kappa shape index (κ3) is 5.78. The molecule has 0 aliphatic heterocycles. The van der Waals surface area contributed by atoms with Gasteiger partial charge in [0.2, 0.25) is 12.3 Å². The van der Waals surface area contributed by atoms with E-state index in [1.54, 1.807) is 13.8 Å². The number of carboxylic acids is 1. The zero-order valence-electron chi connectivity index (χ0n) is 19.7. The Hall–Kier alpha value is -3.49. The summed E-state index contributed by atoms with van der Waals surface area (Å²) in [6.45, 7) is 3.41. The summed E-state index contributed by atoms with van der Waals surface area (Å²) in [7, 11) is 0. The van der Waals surface area contributed by atoms with E-state index in [1.807, 2.05) is 48.5 Å². The minimum Gasteiger partial charge on any atom is -0.480 e. The van der Waals surface area contributed by atoms with E-state index in [0.717, 1.165) is 22.3 Å². The van der Waals surface area contributed by atoms with Gasteiger partial charge in [-0.15, -0.1) is 0 Å². The lowest BCUT2D eigenvalue weighted by Gasteiger charge is -2.31. The number of hydrogen-bond acceptors (Lipinski definition) is 4. The predicted molar refractivity (Wildman–Crippen MR) is 126 cm³/mol. The molecule has 1 aliphatic rings. The van der Waals surface area contributed by atoms with Crippen LogP contribution in [0.4, 0.5) is 13.6 Å². The smallest absolute Gasteiger partial charge is 0.407 e. The van der Waals surface area contributed by atoms with E-state index >= 15 is 0 Å². The molecule has 2 aromatic rings. The van der Waals surface area contributed by atoms with Gasteiger partial charge in [-0.1, -0.05) is 62.4 Å². The first-order valence-corrected chi connectivity index (χ1v) is 11.6. The number of benzene rings is 2. The molecule has 0 aromatic heterocycles. The summed E-state index contributed by atoms with van der Waals surface area (Å²) >= 11 is 0. The molecule has 3 rings (SSSR count). The number of ether oxygens (including phenoxy) is 1. The van der Waals surface area contributed by atoms with E-state index in [0.29, 0.717) is 0 Å². The Morgan fingerprint density at radius 2 is 1.54 bits per heavy atom. The molecule has 0 saturated carbocycles. The number of hydrogen-bond donors (Lipinski definition) is 3. The average Bonchev–Trinajstić information content (AvgIpc) is 3.16. The van der Waals surface area contributed by atoms with Gasteiger partial charge in [0.05, 0.1) is 5.41 Å². The molecular formula is C26H30F2N2O5. The summed E-state index contributed by atoms with van der Waals surface area (Å²) in [6, 6.07) is 14.1. The molecule has 0 bridgehead atoms. The van der Waals surface area contributed by atoms with Crippen molar-refractivity contribution in [3.05, 3.63) is 59.7 Å². The van der Waals surface area contributed by atoms with Gasteiger partial charge in [-0.25, -0.2) is 18.4 Å². The number of aliphatic carboxylic acids is 1. The number of halogens is 2. The lowest BCUT2D eigenvalue weighted by molar-refractivity contribution is -0.145. The monoisotopic (exact) mass is 488 g/mol. The summed E-state index contributed by atoms with van der Waals surface area (Å²) in [4.78, 5) is 36.7. The first-order chi connectivity index (χ1) is 16.7. The summed E-state index contributed by atoms with van der Waals surface area (Å²) in [6.07, 6.45) is -4.06. The van der Waals surface area contributed by atoms with Gasteiger partial charge in [-0.05, 0) is 35.1 Å². The standard InChI is InChI=1S/C26H30F2N2O5/c1-3-26(4-2,24(33)30-21(23(31)32)13-22(27)28)15-29-25(34)35-14-20-18-11-7-5-9-16(18)17-10-6-8-12-19(17)20/h5-12,20-22H,3-4,13-15H2,1-2H3,(H,29,34)(H,30,33)(H,31,32). The number of carbonyl (C=O) groups excluding carboxylic acids is 2. The topological polar surface area (TPSA) is 105 Å². The molecule has 0 spiro atoms. The van der Waals surface area contributed by atoms with Crippen LogP contribution in [0.25, 0.3) is 11.1 Å². The first kappa shape index (κ1) is 26.1. The van der Waals surface area contributed by atoms with Gasteiger partial charge in [-0.2, -0.15) is 0 Å². The second kappa shape index (κ2) is 11.3. The highest BCUT2D eigenvalue weighted by Gasteiger charge is 2.38. The van der Waals surface area contributed by atoms with Gasteiger partial charge in [0.15, 0.2) is 0 Å². The zero-order chi connectivity index (χ0) is 25.6. The third-order valence-corrected chi connectivity index (χ3v) is 6.77. The van der Waals surface area contributed by atoms with E-state index in [2.05, 4.69) is 10.6 Å². The molecule has 188 valence electrons. The van der Waals surface area contributed by atoms with E-state index in [9.17, 15) is 28.3 Å². The fourth-order valence-electron chi connectivity index (χ4n) is 4.50. The van der Waals surface area contributed by atoms with Crippen molar-refractivity contribution in [3.63, 3.8) is 0 Å². The molecule has 0 heterocycles. The Balaban J connectivity index is 1.63. The fourth-order valence-corrected chi connectivity index (χ4v) is 4.50. The van der Waals surface area contributed by atoms with Crippen LogP contribution in [0, 0.1) is 5.41 Å². The van der Waals surface area contributed by atoms with Crippen molar-refractivity contribution in [3.8, 4) is 11.1 Å². The van der Waals surface area contributed by atoms with Gasteiger partial charge >= 0.3 is 12.1 Å². The number of rotatable bonds is 11. The molecule has 2 aromatic carbocycles. The SMILES string of the molecule is CCC(CC)(CNC(=O)OCC1c2ccccc2-c2ccccc21)C(=O)NC(CC(F)F)C(=O)O. The molecule has 0 saturated heterocycles. The number of nitrogens with one attached hydrogen (secondary N) is 2. The number of alkyl carbamates (subject to hydrolysis) is 1. The molecule has 0 fully saturated rings. The summed E-state index contributed by atoms with van der Waals surface area (Å²) in [5.74, 6) is -2.36. The highest BCUT2D eigenvalue weighted by Crippen LogP contribution is 2.44. The Labute approximate surface area is 202 Å². The highest BCUT2D eigenvalue weighted by molar-refractivity contribution is 5.88. The quantitative estimate of drug-likeness (QED) is 0.430. The lowest BCUT2D eigenvalue weighted by Crippen LogP contribution is -2.53. The Bertz CT molecular complexity index is 1030. The molecule has 1 atom stereocenters. The maximum absolute atomic E-state index is 12.9. The van der Waals surface area contributed by atoms with E-state index in [1.165, 1.54) is 0 Å². The molecule has 1 aliphatic carbocycles. The van der Waals surface area contributed by atoms with Crippen LogP contribution < -0.4 is 10.6 Å². The second-order valence-corrected chi connectivity index (χ2v) is 8.66. The molecule has 9 heteroatoms. The summed E-state index contributed by atoms with van der Waals surface area (Å²) in [5, 5.41) is 14.0. The predicted octanol–water partition coefficient (Wildman–Crippen LogP) is 4.56. The van der Waals surface area contributed by atoms with E-state index in [4.69, 9.17) is 4.74 Å². The molecule has 35 heavy (non-hydrogen) atoms. The Morgan fingerprint density at radius 3 is 2.03 bits per heavy atom. The molecule has 3 N–H and O–H groups in total. The molecule has 0 radical (unpaired) electrons. The number of carboxylic acid groups (broad SMARTS) is 1.